The molecule has 0 amide bonds. The Labute approximate surface area is 70.8 Å². The van der Waals surface area contributed by atoms with E-state index in [0.717, 1.165) is 6.42 Å². The van der Waals surface area contributed by atoms with Gasteiger partial charge in [-0.2, -0.15) is 0 Å². The van der Waals surface area contributed by atoms with Crippen LogP contribution in [0.25, 0.3) is 0 Å². The Morgan fingerprint density at radius 2 is 2.00 bits per heavy atom. The number of hydrogen-bond donors (Lipinski definition) is 1. The molecule has 1 nitrogen and oxygen atoms in total. The monoisotopic (exact) mass is 155 g/mol. The Hall–Kier alpha value is -0.560. The second-order valence-corrected chi connectivity index (χ2v) is 2.81. The lowest BCUT2D eigenvalue weighted by Crippen LogP contribution is -2.26. The average Bonchev–Trinajstić information content (AvgIpc) is 2.02. The van der Waals surface area contributed by atoms with Crippen molar-refractivity contribution in [2.45, 2.75) is 38.2 Å². The van der Waals surface area contributed by atoms with Gasteiger partial charge in [-0.05, 0) is 19.3 Å². The van der Waals surface area contributed by atoms with Crippen molar-refractivity contribution in [1.82, 2.24) is 0 Å². The first kappa shape index (κ1) is 8.54. The lowest BCUT2D eigenvalue weighted by atomic mass is 9.91. The fourth-order valence-corrected chi connectivity index (χ4v) is 1.15. The van der Waals surface area contributed by atoms with Crippen LogP contribution in [0.3, 0.4) is 0 Å². The summed E-state index contributed by atoms with van der Waals surface area (Å²) in [4.78, 5) is 0. The SMILES string of the molecule is [2H]CCCC(O)(CC=C)CC=C. The highest BCUT2D eigenvalue weighted by Crippen LogP contribution is 2.22. The van der Waals surface area contributed by atoms with E-state index < -0.39 is 5.60 Å². The topological polar surface area (TPSA) is 20.2 Å². The molecule has 0 spiro atoms. The molecule has 0 radical (unpaired) electrons. The summed E-state index contributed by atoms with van der Waals surface area (Å²) >= 11 is 0. The van der Waals surface area contributed by atoms with E-state index in [9.17, 15) is 5.11 Å². The minimum absolute atomic E-state index is 0.372. The number of aliphatic hydroxyl groups is 1. The van der Waals surface area contributed by atoms with E-state index >= 15 is 0 Å². The van der Waals surface area contributed by atoms with Gasteiger partial charge in [0.2, 0.25) is 0 Å². The van der Waals surface area contributed by atoms with Gasteiger partial charge < -0.3 is 5.11 Å². The molecule has 0 fully saturated rings. The van der Waals surface area contributed by atoms with Gasteiger partial charge in [0, 0.05) is 1.37 Å². The summed E-state index contributed by atoms with van der Waals surface area (Å²) in [6.45, 7) is 7.56. The normalized spacial score (nSPS) is 12.3. The van der Waals surface area contributed by atoms with E-state index in [0.29, 0.717) is 26.2 Å². The molecule has 0 aliphatic heterocycles. The second-order valence-electron chi connectivity index (χ2n) is 2.81. The standard InChI is InChI=1S/C10H18O/c1-4-7-10(11,8-5-2)9-6-3/h4-5,11H,1-2,6-9H2,3H3/i3D. The lowest BCUT2D eigenvalue weighted by Gasteiger charge is -2.24. The third-order valence-corrected chi connectivity index (χ3v) is 1.69. The van der Waals surface area contributed by atoms with Gasteiger partial charge in [0.1, 0.15) is 0 Å². The zero-order valence-electron chi connectivity index (χ0n) is 8.05. The van der Waals surface area contributed by atoms with Gasteiger partial charge in [-0.3, -0.25) is 0 Å². The van der Waals surface area contributed by atoms with Gasteiger partial charge in [0.05, 0.1) is 5.60 Å². The summed E-state index contributed by atoms with van der Waals surface area (Å²) in [6.07, 6.45) is 5.99. The third-order valence-electron chi connectivity index (χ3n) is 1.69. The predicted octanol–water partition coefficient (Wildman–Crippen LogP) is 2.67. The van der Waals surface area contributed by atoms with Crippen LogP contribution in [0.4, 0.5) is 0 Å². The molecule has 0 bridgehead atoms. The van der Waals surface area contributed by atoms with Crippen LogP contribution < -0.4 is 0 Å². The summed E-state index contributed by atoms with van der Waals surface area (Å²) in [7, 11) is 0. The maximum atomic E-state index is 9.92. The van der Waals surface area contributed by atoms with Crippen molar-refractivity contribution < 1.29 is 6.48 Å². The van der Waals surface area contributed by atoms with Crippen LogP contribution in [0.1, 0.15) is 34.0 Å². The minimum atomic E-state index is -0.704. The highest BCUT2D eigenvalue weighted by Gasteiger charge is 2.21. The summed E-state index contributed by atoms with van der Waals surface area (Å²) < 4.78 is 6.98. The molecule has 1 N–H and O–H groups in total. The van der Waals surface area contributed by atoms with E-state index in [-0.39, 0.29) is 0 Å². The highest BCUT2D eigenvalue weighted by molar-refractivity contribution is 4.91. The van der Waals surface area contributed by atoms with Crippen molar-refractivity contribution in [1.29, 1.82) is 0 Å². The minimum Gasteiger partial charge on any atom is -0.389 e. The largest absolute Gasteiger partial charge is 0.389 e. The zero-order valence-corrected chi connectivity index (χ0v) is 7.05. The molecule has 0 saturated carbocycles. The Morgan fingerprint density at radius 1 is 1.45 bits per heavy atom. The molecule has 0 unspecified atom stereocenters. The molecule has 1 heteroatoms. The maximum Gasteiger partial charge on any atom is 0.0716 e. The molecule has 0 heterocycles. The highest BCUT2D eigenvalue weighted by atomic mass is 16.3. The fourth-order valence-electron chi connectivity index (χ4n) is 1.15. The van der Waals surface area contributed by atoms with Crippen LogP contribution in [0.5, 0.6) is 0 Å². The lowest BCUT2D eigenvalue weighted by molar-refractivity contribution is 0.0367. The quantitative estimate of drug-likeness (QED) is 0.585. The number of hydrogen-bond acceptors (Lipinski definition) is 1. The van der Waals surface area contributed by atoms with Gasteiger partial charge in [-0.15, -0.1) is 13.2 Å². The molecule has 0 aromatic heterocycles. The second kappa shape index (κ2) is 5.14. The molecule has 0 aromatic carbocycles. The first-order valence-electron chi connectivity index (χ1n) is 4.62. The van der Waals surface area contributed by atoms with Crippen LogP contribution in [0, 0.1) is 0 Å². The van der Waals surface area contributed by atoms with Gasteiger partial charge in [0.15, 0.2) is 0 Å². The molecule has 0 aliphatic rings. The van der Waals surface area contributed by atoms with Crippen LogP contribution in [-0.4, -0.2) is 10.7 Å². The van der Waals surface area contributed by atoms with E-state index in [1.807, 2.05) is 0 Å². The summed E-state index contributed by atoms with van der Waals surface area (Å²) in [6, 6.07) is 0. The van der Waals surface area contributed by atoms with E-state index in [2.05, 4.69) is 13.2 Å². The van der Waals surface area contributed by atoms with E-state index in [1.165, 1.54) is 0 Å². The Kier molecular flexibility index (Phi) is 3.99. The smallest absolute Gasteiger partial charge is 0.0716 e. The van der Waals surface area contributed by atoms with Crippen LogP contribution >= 0.6 is 0 Å². The van der Waals surface area contributed by atoms with Crippen molar-refractivity contribution in [2.24, 2.45) is 0 Å². The van der Waals surface area contributed by atoms with Crippen LogP contribution in [0.15, 0.2) is 25.3 Å². The van der Waals surface area contributed by atoms with Crippen molar-refractivity contribution in [3.8, 4) is 0 Å². The summed E-state index contributed by atoms with van der Waals surface area (Å²) in [5.74, 6) is 0. The average molecular weight is 155 g/mol. The molecular weight excluding hydrogens is 136 g/mol. The molecular formula is C10H18O. The molecule has 0 atom stereocenters. The van der Waals surface area contributed by atoms with E-state index in [4.69, 9.17) is 1.37 Å². The van der Waals surface area contributed by atoms with Crippen molar-refractivity contribution >= 4 is 0 Å². The Morgan fingerprint density at radius 3 is 2.36 bits per heavy atom. The summed E-state index contributed by atoms with van der Waals surface area (Å²) in [5, 5.41) is 9.92. The first-order chi connectivity index (χ1) is 5.68. The van der Waals surface area contributed by atoms with Gasteiger partial charge in [0.25, 0.3) is 0 Å². The Balaban J connectivity index is 3.96. The molecule has 0 rings (SSSR count). The third kappa shape index (κ3) is 3.99. The van der Waals surface area contributed by atoms with Crippen molar-refractivity contribution in [2.75, 3.05) is 0 Å². The molecule has 11 heavy (non-hydrogen) atoms. The van der Waals surface area contributed by atoms with Gasteiger partial charge in [-0.25, -0.2) is 0 Å². The van der Waals surface area contributed by atoms with E-state index in [1.54, 1.807) is 12.2 Å². The first-order valence-corrected chi connectivity index (χ1v) is 3.92. The zero-order chi connectivity index (χ0) is 9.45. The van der Waals surface area contributed by atoms with Gasteiger partial charge >= 0.3 is 0 Å². The van der Waals surface area contributed by atoms with Crippen molar-refractivity contribution in [3.05, 3.63) is 25.3 Å². The van der Waals surface area contributed by atoms with Crippen molar-refractivity contribution in [3.63, 3.8) is 0 Å². The van der Waals surface area contributed by atoms with Crippen LogP contribution in [0.2, 0.25) is 0 Å². The molecule has 0 aliphatic carbocycles. The molecule has 64 valence electrons. The number of rotatable bonds is 6. The maximum absolute atomic E-state index is 9.92. The Bertz CT molecular complexity index is 133. The van der Waals surface area contributed by atoms with Crippen LogP contribution in [-0.2, 0) is 0 Å². The predicted molar refractivity (Wildman–Crippen MR) is 49.5 cm³/mol. The molecule has 0 aromatic rings. The summed E-state index contributed by atoms with van der Waals surface area (Å²) in [5.41, 5.74) is -0.704. The van der Waals surface area contributed by atoms with Gasteiger partial charge in [-0.1, -0.05) is 25.5 Å². The molecule has 0 saturated heterocycles. The fraction of sp³-hybridized carbons (Fsp3) is 0.600.